The Labute approximate surface area is 93.8 Å². The number of nitrogens with zero attached hydrogens (tertiary/aromatic N) is 2. The molecule has 0 spiro atoms. The fourth-order valence-electron chi connectivity index (χ4n) is 1.49. The predicted molar refractivity (Wildman–Crippen MR) is 59.4 cm³/mol. The van der Waals surface area contributed by atoms with Gasteiger partial charge < -0.3 is 10.4 Å². The number of carbonyl (C=O) groups is 1. The molecule has 1 aliphatic rings. The molecular weight excluding hydrogens is 206 g/mol. The quantitative estimate of drug-likeness (QED) is 0.707. The van der Waals surface area contributed by atoms with Crippen LogP contribution in [0.2, 0.25) is 0 Å². The maximum absolute atomic E-state index is 11.5. The van der Waals surface area contributed by atoms with Crippen LogP contribution in [-0.2, 0) is 11.8 Å². The fraction of sp³-hybridized carbons (Fsp3) is 0.455. The Hall–Kier alpha value is -1.62. The third-order valence-corrected chi connectivity index (χ3v) is 2.81. The molecule has 1 aromatic rings. The minimum absolute atomic E-state index is 0.0122. The number of hydrogen-bond donors (Lipinski definition) is 2. The van der Waals surface area contributed by atoms with Gasteiger partial charge in [-0.1, -0.05) is 0 Å². The van der Waals surface area contributed by atoms with Crippen LogP contribution in [0.25, 0.3) is 6.08 Å². The first kappa shape index (κ1) is 10.9. The van der Waals surface area contributed by atoms with Crippen molar-refractivity contribution in [2.45, 2.75) is 18.4 Å². The summed E-state index contributed by atoms with van der Waals surface area (Å²) in [4.78, 5) is 11.5. The maximum Gasteiger partial charge on any atom is 0.244 e. The van der Waals surface area contributed by atoms with Crippen LogP contribution >= 0.6 is 0 Å². The van der Waals surface area contributed by atoms with Gasteiger partial charge in [-0.3, -0.25) is 9.48 Å². The molecule has 0 aliphatic heterocycles. The highest BCUT2D eigenvalue weighted by Crippen LogP contribution is 2.34. The van der Waals surface area contributed by atoms with Gasteiger partial charge in [0.15, 0.2) is 0 Å². The molecular formula is C11H15N3O2. The number of carbonyl (C=O) groups excluding carboxylic acids is 1. The van der Waals surface area contributed by atoms with E-state index < -0.39 is 0 Å². The molecule has 0 radical (unpaired) electrons. The summed E-state index contributed by atoms with van der Waals surface area (Å²) in [6.07, 6.45) is 6.56. The summed E-state index contributed by atoms with van der Waals surface area (Å²) >= 11 is 0. The predicted octanol–water partition coefficient (Wildman–Crippen LogP) is 0.0744. The zero-order valence-corrected chi connectivity index (χ0v) is 9.18. The largest absolute Gasteiger partial charge is 0.394 e. The first-order chi connectivity index (χ1) is 7.65. The van der Waals surface area contributed by atoms with Crippen LogP contribution in [0.4, 0.5) is 0 Å². The van der Waals surface area contributed by atoms with Gasteiger partial charge in [0.2, 0.25) is 5.91 Å². The molecule has 1 aliphatic carbocycles. The van der Waals surface area contributed by atoms with Crippen molar-refractivity contribution >= 4 is 12.0 Å². The van der Waals surface area contributed by atoms with E-state index in [2.05, 4.69) is 10.4 Å². The third kappa shape index (κ3) is 2.30. The van der Waals surface area contributed by atoms with Crippen molar-refractivity contribution in [2.75, 3.05) is 6.61 Å². The SMILES string of the molecule is Cn1nccc1/C=C/C(=O)NC1(CO)CC1. The maximum atomic E-state index is 11.5. The van der Waals surface area contributed by atoms with Crippen molar-refractivity contribution in [1.29, 1.82) is 0 Å². The summed E-state index contributed by atoms with van der Waals surface area (Å²) in [5.41, 5.74) is 0.512. The minimum atomic E-state index is -0.353. The number of nitrogens with one attached hydrogen (secondary N) is 1. The van der Waals surface area contributed by atoms with E-state index in [9.17, 15) is 4.79 Å². The zero-order valence-electron chi connectivity index (χ0n) is 9.18. The Morgan fingerprint density at radius 2 is 2.50 bits per heavy atom. The van der Waals surface area contributed by atoms with E-state index in [1.807, 2.05) is 13.1 Å². The van der Waals surface area contributed by atoms with Crippen molar-refractivity contribution < 1.29 is 9.90 Å². The highest BCUT2D eigenvalue weighted by atomic mass is 16.3. The highest BCUT2D eigenvalue weighted by Gasteiger charge is 2.42. The molecule has 0 aromatic carbocycles. The smallest absolute Gasteiger partial charge is 0.244 e. The Kier molecular flexibility index (Phi) is 2.78. The van der Waals surface area contributed by atoms with E-state index in [0.717, 1.165) is 18.5 Å². The average Bonchev–Trinajstić information content (AvgIpc) is 2.92. The second-order valence-corrected chi connectivity index (χ2v) is 4.14. The van der Waals surface area contributed by atoms with Gasteiger partial charge in [0.1, 0.15) is 0 Å². The topological polar surface area (TPSA) is 67.2 Å². The van der Waals surface area contributed by atoms with Crippen LogP contribution in [0.3, 0.4) is 0 Å². The van der Waals surface area contributed by atoms with E-state index in [0.29, 0.717) is 0 Å². The fourth-order valence-corrected chi connectivity index (χ4v) is 1.49. The number of amides is 1. The average molecular weight is 221 g/mol. The van der Waals surface area contributed by atoms with E-state index in [1.165, 1.54) is 6.08 Å². The van der Waals surface area contributed by atoms with Gasteiger partial charge in [0.25, 0.3) is 0 Å². The summed E-state index contributed by atoms with van der Waals surface area (Å²) < 4.78 is 1.68. The van der Waals surface area contributed by atoms with Gasteiger partial charge in [-0.2, -0.15) is 5.10 Å². The number of aliphatic hydroxyl groups excluding tert-OH is 1. The van der Waals surface area contributed by atoms with Crippen molar-refractivity contribution in [3.8, 4) is 0 Å². The summed E-state index contributed by atoms with van der Waals surface area (Å²) in [7, 11) is 1.81. The Balaban J connectivity index is 1.93. The lowest BCUT2D eigenvalue weighted by atomic mass is 10.3. The van der Waals surface area contributed by atoms with Crippen molar-refractivity contribution in [2.24, 2.45) is 7.05 Å². The molecule has 0 bridgehead atoms. The molecule has 1 heterocycles. The van der Waals surface area contributed by atoms with Crippen molar-refractivity contribution in [3.05, 3.63) is 24.0 Å². The molecule has 1 amide bonds. The first-order valence-electron chi connectivity index (χ1n) is 5.24. The van der Waals surface area contributed by atoms with Gasteiger partial charge in [0.05, 0.1) is 17.8 Å². The van der Waals surface area contributed by atoms with Gasteiger partial charge in [-0.05, 0) is 25.0 Å². The molecule has 5 heteroatoms. The zero-order chi connectivity index (χ0) is 11.6. The van der Waals surface area contributed by atoms with E-state index in [4.69, 9.17) is 5.11 Å². The van der Waals surface area contributed by atoms with E-state index >= 15 is 0 Å². The van der Waals surface area contributed by atoms with Gasteiger partial charge in [0, 0.05) is 19.3 Å². The molecule has 1 aromatic heterocycles. The Morgan fingerprint density at radius 1 is 1.75 bits per heavy atom. The number of aryl methyl sites for hydroxylation is 1. The number of hydrogen-bond acceptors (Lipinski definition) is 3. The Bertz CT molecular complexity index is 419. The van der Waals surface area contributed by atoms with Crippen LogP contribution in [0.5, 0.6) is 0 Å². The second-order valence-electron chi connectivity index (χ2n) is 4.14. The lowest BCUT2D eigenvalue weighted by Gasteiger charge is -2.11. The number of aromatic nitrogens is 2. The van der Waals surface area contributed by atoms with Gasteiger partial charge in [-0.15, -0.1) is 0 Å². The number of rotatable bonds is 4. The summed E-state index contributed by atoms with van der Waals surface area (Å²) in [6.45, 7) is 0.0122. The standard InChI is InChI=1S/C11H15N3O2/c1-14-9(4-7-12-14)2-3-10(16)13-11(8-15)5-6-11/h2-4,7,15H,5-6,8H2,1H3,(H,13,16)/b3-2+. The van der Waals surface area contributed by atoms with Crippen LogP contribution < -0.4 is 5.32 Å². The normalized spacial score (nSPS) is 17.6. The van der Waals surface area contributed by atoms with Crippen molar-refractivity contribution in [1.82, 2.24) is 15.1 Å². The van der Waals surface area contributed by atoms with Crippen LogP contribution in [-0.4, -0.2) is 32.9 Å². The molecule has 16 heavy (non-hydrogen) atoms. The molecule has 86 valence electrons. The summed E-state index contributed by atoms with van der Waals surface area (Å²) in [6, 6.07) is 1.82. The summed E-state index contributed by atoms with van der Waals surface area (Å²) in [5.74, 6) is -0.173. The minimum Gasteiger partial charge on any atom is -0.394 e. The van der Waals surface area contributed by atoms with Crippen LogP contribution in [0.15, 0.2) is 18.3 Å². The molecule has 5 nitrogen and oxygen atoms in total. The van der Waals surface area contributed by atoms with Gasteiger partial charge >= 0.3 is 0 Å². The molecule has 2 N–H and O–H groups in total. The van der Waals surface area contributed by atoms with Crippen molar-refractivity contribution in [3.63, 3.8) is 0 Å². The molecule has 0 atom stereocenters. The lowest BCUT2D eigenvalue weighted by molar-refractivity contribution is -0.117. The molecule has 0 unspecified atom stereocenters. The van der Waals surface area contributed by atoms with Crippen LogP contribution in [0.1, 0.15) is 18.5 Å². The highest BCUT2D eigenvalue weighted by molar-refractivity contribution is 5.92. The Morgan fingerprint density at radius 3 is 3.00 bits per heavy atom. The van der Waals surface area contributed by atoms with E-state index in [1.54, 1.807) is 17.0 Å². The second kappa shape index (κ2) is 4.09. The van der Waals surface area contributed by atoms with Gasteiger partial charge in [-0.25, -0.2) is 0 Å². The first-order valence-corrected chi connectivity index (χ1v) is 5.24. The third-order valence-electron chi connectivity index (χ3n) is 2.81. The molecule has 0 saturated heterocycles. The number of aliphatic hydroxyl groups is 1. The summed E-state index contributed by atoms with van der Waals surface area (Å²) in [5, 5.41) is 15.8. The lowest BCUT2D eigenvalue weighted by Crippen LogP contribution is -2.38. The molecule has 1 fully saturated rings. The monoisotopic (exact) mass is 221 g/mol. The van der Waals surface area contributed by atoms with E-state index in [-0.39, 0.29) is 18.1 Å². The van der Waals surface area contributed by atoms with Crippen LogP contribution in [0, 0.1) is 0 Å². The molecule has 2 rings (SSSR count). The molecule has 1 saturated carbocycles.